The van der Waals surface area contributed by atoms with Gasteiger partial charge in [-0.15, -0.1) is 0 Å². The summed E-state index contributed by atoms with van der Waals surface area (Å²) < 4.78 is 0. The summed E-state index contributed by atoms with van der Waals surface area (Å²) in [5.74, 6) is 0.832. The summed E-state index contributed by atoms with van der Waals surface area (Å²) in [6, 6.07) is 8.92. The van der Waals surface area contributed by atoms with E-state index in [0.29, 0.717) is 0 Å². The lowest BCUT2D eigenvalue weighted by molar-refractivity contribution is 0.422. The quantitative estimate of drug-likeness (QED) is 0.722. The first-order chi connectivity index (χ1) is 8.90. The van der Waals surface area contributed by atoms with Gasteiger partial charge in [-0.2, -0.15) is 0 Å². The maximum atomic E-state index is 3.60. The van der Waals surface area contributed by atoms with Gasteiger partial charge in [-0.05, 0) is 68.9 Å². The lowest BCUT2D eigenvalue weighted by atomic mass is 9.84. The highest BCUT2D eigenvalue weighted by Gasteiger charge is 2.17. The van der Waals surface area contributed by atoms with Gasteiger partial charge in [-0.25, -0.2) is 0 Å². The molecule has 2 rings (SSSR count). The molecule has 18 heavy (non-hydrogen) atoms. The molecular formula is C16H26N2. The van der Waals surface area contributed by atoms with E-state index in [1.54, 1.807) is 11.1 Å². The zero-order valence-electron chi connectivity index (χ0n) is 11.5. The van der Waals surface area contributed by atoms with Crippen LogP contribution in [0.5, 0.6) is 0 Å². The van der Waals surface area contributed by atoms with E-state index in [9.17, 15) is 0 Å². The maximum Gasteiger partial charge on any atom is -0.00172 e. The van der Waals surface area contributed by atoms with E-state index in [2.05, 4.69) is 41.8 Å². The zero-order valence-corrected chi connectivity index (χ0v) is 11.5. The molecule has 0 aromatic heterocycles. The summed E-state index contributed by atoms with van der Waals surface area (Å²) in [6.45, 7) is 6.70. The molecule has 0 fully saturated rings. The molecule has 0 spiro atoms. The molecule has 100 valence electrons. The van der Waals surface area contributed by atoms with Crippen LogP contribution in [-0.4, -0.2) is 26.2 Å². The van der Waals surface area contributed by atoms with Crippen molar-refractivity contribution in [2.45, 2.75) is 32.6 Å². The van der Waals surface area contributed by atoms with Crippen molar-refractivity contribution in [3.05, 3.63) is 35.4 Å². The number of aryl methyl sites for hydroxylation is 1. The number of hydrogen-bond acceptors (Lipinski definition) is 2. The molecule has 0 heterocycles. The third-order valence-electron chi connectivity index (χ3n) is 3.84. The number of nitrogens with one attached hydrogen (secondary N) is 2. The van der Waals surface area contributed by atoms with Crippen LogP contribution >= 0.6 is 0 Å². The molecule has 1 unspecified atom stereocenters. The minimum atomic E-state index is 0.832. The predicted molar refractivity (Wildman–Crippen MR) is 78.0 cm³/mol. The zero-order chi connectivity index (χ0) is 12.6. The average Bonchev–Trinajstić information content (AvgIpc) is 2.42. The fourth-order valence-electron chi connectivity index (χ4n) is 2.77. The summed E-state index contributed by atoms with van der Waals surface area (Å²) in [5.41, 5.74) is 3.14. The monoisotopic (exact) mass is 246 g/mol. The molecule has 1 aliphatic rings. The molecule has 1 atom stereocenters. The molecule has 0 saturated carbocycles. The van der Waals surface area contributed by atoms with Crippen molar-refractivity contribution in [2.75, 3.05) is 26.2 Å². The highest BCUT2D eigenvalue weighted by Crippen LogP contribution is 2.24. The van der Waals surface area contributed by atoms with Gasteiger partial charge in [0.15, 0.2) is 0 Å². The lowest BCUT2D eigenvalue weighted by Crippen LogP contribution is -2.29. The summed E-state index contributed by atoms with van der Waals surface area (Å²) in [6.07, 6.45) is 5.10. The Hall–Kier alpha value is -0.860. The SMILES string of the molecule is CCNCCCNCC1CCc2ccccc2C1. The van der Waals surface area contributed by atoms with Crippen LogP contribution in [-0.2, 0) is 12.8 Å². The minimum Gasteiger partial charge on any atom is -0.317 e. The van der Waals surface area contributed by atoms with Gasteiger partial charge in [0, 0.05) is 0 Å². The standard InChI is InChI=1S/C16H26N2/c1-2-17-10-5-11-18-13-14-8-9-15-6-3-4-7-16(15)12-14/h3-4,6-7,14,17-18H,2,5,8-13H2,1H3. The Morgan fingerprint density at radius 3 is 2.72 bits per heavy atom. The van der Waals surface area contributed by atoms with Crippen LogP contribution in [0.15, 0.2) is 24.3 Å². The number of fused-ring (bicyclic) bond motifs is 1. The molecule has 0 aliphatic heterocycles. The summed E-state index contributed by atoms with van der Waals surface area (Å²) in [7, 11) is 0. The second-order valence-electron chi connectivity index (χ2n) is 5.29. The fourth-order valence-corrected chi connectivity index (χ4v) is 2.77. The third kappa shape index (κ3) is 4.11. The van der Waals surface area contributed by atoms with E-state index in [1.165, 1.54) is 32.2 Å². The predicted octanol–water partition coefficient (Wildman–Crippen LogP) is 2.38. The molecule has 1 aliphatic carbocycles. The molecule has 2 N–H and O–H groups in total. The number of benzene rings is 1. The second kappa shape index (κ2) is 7.55. The van der Waals surface area contributed by atoms with Crippen molar-refractivity contribution in [1.29, 1.82) is 0 Å². The van der Waals surface area contributed by atoms with Crippen LogP contribution in [0, 0.1) is 5.92 Å². The van der Waals surface area contributed by atoms with Gasteiger partial charge in [0.05, 0.1) is 0 Å². The van der Waals surface area contributed by atoms with Crippen molar-refractivity contribution >= 4 is 0 Å². The number of rotatable bonds is 7. The number of hydrogen-bond donors (Lipinski definition) is 2. The molecule has 2 nitrogen and oxygen atoms in total. The normalized spacial score (nSPS) is 18.6. The van der Waals surface area contributed by atoms with E-state index < -0.39 is 0 Å². The van der Waals surface area contributed by atoms with E-state index in [-0.39, 0.29) is 0 Å². The van der Waals surface area contributed by atoms with Crippen molar-refractivity contribution in [3.63, 3.8) is 0 Å². The Labute approximate surface area is 111 Å². The molecule has 0 amide bonds. The molecule has 2 heteroatoms. The van der Waals surface area contributed by atoms with Gasteiger partial charge in [0.1, 0.15) is 0 Å². The van der Waals surface area contributed by atoms with Gasteiger partial charge in [-0.3, -0.25) is 0 Å². The first kappa shape index (κ1) is 13.6. The molecular weight excluding hydrogens is 220 g/mol. The van der Waals surface area contributed by atoms with E-state index >= 15 is 0 Å². The summed E-state index contributed by atoms with van der Waals surface area (Å²) in [5, 5.41) is 6.96. The van der Waals surface area contributed by atoms with Crippen molar-refractivity contribution < 1.29 is 0 Å². The molecule has 0 bridgehead atoms. The fraction of sp³-hybridized carbons (Fsp3) is 0.625. The molecule has 1 aromatic rings. The van der Waals surface area contributed by atoms with Crippen LogP contribution in [0.2, 0.25) is 0 Å². The van der Waals surface area contributed by atoms with Gasteiger partial charge < -0.3 is 10.6 Å². The van der Waals surface area contributed by atoms with E-state index in [1.807, 2.05) is 0 Å². The molecule has 1 aromatic carbocycles. The Morgan fingerprint density at radius 2 is 1.89 bits per heavy atom. The maximum absolute atomic E-state index is 3.60. The van der Waals surface area contributed by atoms with Gasteiger partial charge in [0.25, 0.3) is 0 Å². The Balaban J connectivity index is 1.64. The van der Waals surface area contributed by atoms with Crippen LogP contribution in [0.3, 0.4) is 0 Å². The highest BCUT2D eigenvalue weighted by molar-refractivity contribution is 5.29. The van der Waals surface area contributed by atoms with Crippen molar-refractivity contribution in [1.82, 2.24) is 10.6 Å². The Bertz CT molecular complexity index is 349. The summed E-state index contributed by atoms with van der Waals surface area (Å²) >= 11 is 0. The van der Waals surface area contributed by atoms with Crippen LogP contribution < -0.4 is 10.6 Å². The van der Waals surface area contributed by atoms with Gasteiger partial charge in [0.2, 0.25) is 0 Å². The molecule has 0 saturated heterocycles. The first-order valence-electron chi connectivity index (χ1n) is 7.38. The van der Waals surface area contributed by atoms with Crippen LogP contribution in [0.4, 0.5) is 0 Å². The van der Waals surface area contributed by atoms with E-state index in [4.69, 9.17) is 0 Å². The Morgan fingerprint density at radius 1 is 1.11 bits per heavy atom. The average molecular weight is 246 g/mol. The smallest absolute Gasteiger partial charge is 0.00172 e. The van der Waals surface area contributed by atoms with Crippen LogP contribution in [0.25, 0.3) is 0 Å². The first-order valence-corrected chi connectivity index (χ1v) is 7.38. The lowest BCUT2D eigenvalue weighted by Gasteiger charge is -2.24. The Kier molecular flexibility index (Phi) is 5.69. The molecule has 0 radical (unpaired) electrons. The van der Waals surface area contributed by atoms with Crippen molar-refractivity contribution in [2.24, 2.45) is 5.92 Å². The topological polar surface area (TPSA) is 24.1 Å². The van der Waals surface area contributed by atoms with Crippen molar-refractivity contribution in [3.8, 4) is 0 Å². The minimum absolute atomic E-state index is 0.832. The highest BCUT2D eigenvalue weighted by atomic mass is 14.9. The van der Waals surface area contributed by atoms with Gasteiger partial charge in [-0.1, -0.05) is 31.2 Å². The summed E-state index contributed by atoms with van der Waals surface area (Å²) in [4.78, 5) is 0. The van der Waals surface area contributed by atoms with E-state index in [0.717, 1.165) is 25.6 Å². The largest absolute Gasteiger partial charge is 0.317 e. The van der Waals surface area contributed by atoms with Gasteiger partial charge >= 0.3 is 0 Å². The third-order valence-corrected chi connectivity index (χ3v) is 3.84. The van der Waals surface area contributed by atoms with Crippen LogP contribution in [0.1, 0.15) is 30.9 Å². The second-order valence-corrected chi connectivity index (χ2v) is 5.29.